The highest BCUT2D eigenvalue weighted by Gasteiger charge is 2.34. The van der Waals surface area contributed by atoms with Gasteiger partial charge in [0.15, 0.2) is 16.4 Å². The summed E-state index contributed by atoms with van der Waals surface area (Å²) in [6, 6.07) is 13.7. The van der Waals surface area contributed by atoms with Gasteiger partial charge in [-0.3, -0.25) is 4.79 Å². The molecule has 1 fully saturated rings. The predicted molar refractivity (Wildman–Crippen MR) is 120 cm³/mol. The molecule has 0 bridgehead atoms. The van der Waals surface area contributed by atoms with Gasteiger partial charge in [0.25, 0.3) is 5.91 Å². The number of benzene rings is 2. The zero-order valence-corrected chi connectivity index (χ0v) is 19.0. The number of rotatable bonds is 7. The number of hydrogen-bond donors (Lipinski definition) is 0. The number of sulfone groups is 1. The third-order valence-corrected chi connectivity index (χ3v) is 7.28. The molecule has 6 heteroatoms. The summed E-state index contributed by atoms with van der Waals surface area (Å²) in [5, 5.41) is 0. The number of nitrogens with zero attached hydrogens (tertiary/aromatic N) is 1. The second-order valence-corrected chi connectivity index (χ2v) is 10.8. The molecule has 0 saturated carbocycles. The van der Waals surface area contributed by atoms with Gasteiger partial charge in [-0.05, 0) is 60.6 Å². The summed E-state index contributed by atoms with van der Waals surface area (Å²) < 4.78 is 29.8. The van der Waals surface area contributed by atoms with Crippen molar-refractivity contribution in [2.45, 2.75) is 52.6 Å². The number of ether oxygens (including phenoxy) is 1. The van der Waals surface area contributed by atoms with Crippen molar-refractivity contribution in [3.05, 3.63) is 64.7 Å². The largest absolute Gasteiger partial charge is 0.484 e. The minimum absolute atomic E-state index is 0.0202. The van der Waals surface area contributed by atoms with E-state index in [9.17, 15) is 13.2 Å². The first kappa shape index (κ1) is 22.3. The Labute approximate surface area is 180 Å². The molecular weight excluding hydrogens is 398 g/mol. The van der Waals surface area contributed by atoms with Crippen molar-refractivity contribution in [3.8, 4) is 5.75 Å². The molecule has 3 rings (SSSR count). The topological polar surface area (TPSA) is 63.7 Å². The first-order valence-corrected chi connectivity index (χ1v) is 12.2. The van der Waals surface area contributed by atoms with E-state index in [1.54, 1.807) is 4.90 Å². The molecule has 0 N–H and O–H groups in total. The molecule has 1 atom stereocenters. The summed E-state index contributed by atoms with van der Waals surface area (Å²) in [6.45, 7) is 8.52. The Morgan fingerprint density at radius 1 is 1.10 bits per heavy atom. The van der Waals surface area contributed by atoms with E-state index in [0.29, 0.717) is 24.6 Å². The second-order valence-electron chi connectivity index (χ2n) is 8.59. The first-order chi connectivity index (χ1) is 14.1. The van der Waals surface area contributed by atoms with Crippen LogP contribution >= 0.6 is 0 Å². The standard InChI is InChI=1S/C24H31NO4S/c1-17(2)21-7-5-20(6-8-21)14-25(22-9-10-30(27,28)16-22)24(26)15-29-23-12-18(3)11-19(4)13-23/h5-8,11-13,17,22H,9-10,14-16H2,1-4H3. The van der Waals surface area contributed by atoms with E-state index in [0.717, 1.165) is 16.7 Å². The average molecular weight is 430 g/mol. The van der Waals surface area contributed by atoms with Crippen LogP contribution in [-0.2, 0) is 21.2 Å². The zero-order chi connectivity index (χ0) is 21.9. The van der Waals surface area contributed by atoms with Crippen molar-refractivity contribution in [1.82, 2.24) is 4.90 Å². The van der Waals surface area contributed by atoms with E-state index in [1.807, 2.05) is 44.2 Å². The summed E-state index contributed by atoms with van der Waals surface area (Å²) >= 11 is 0. The predicted octanol–water partition coefficient (Wildman–Crippen LogP) is 4.02. The fourth-order valence-corrected chi connectivity index (χ4v) is 5.62. The molecule has 0 aliphatic carbocycles. The van der Waals surface area contributed by atoms with Gasteiger partial charge in [0, 0.05) is 12.6 Å². The average Bonchev–Trinajstić information content (AvgIpc) is 3.03. The van der Waals surface area contributed by atoms with Crippen molar-refractivity contribution < 1.29 is 17.9 Å². The molecule has 1 heterocycles. The van der Waals surface area contributed by atoms with Crippen LogP contribution < -0.4 is 4.74 Å². The SMILES string of the molecule is Cc1cc(C)cc(OCC(=O)N(Cc2ccc(C(C)C)cc2)C2CCS(=O)(=O)C2)c1. The molecule has 2 aromatic carbocycles. The Morgan fingerprint density at radius 2 is 1.73 bits per heavy atom. The van der Waals surface area contributed by atoms with Gasteiger partial charge < -0.3 is 9.64 Å². The molecule has 0 aromatic heterocycles. The first-order valence-electron chi connectivity index (χ1n) is 10.4. The van der Waals surface area contributed by atoms with Crippen LogP contribution in [0.1, 0.15) is 48.4 Å². The number of carbonyl (C=O) groups is 1. The monoisotopic (exact) mass is 429 g/mol. The Bertz CT molecular complexity index is 976. The lowest BCUT2D eigenvalue weighted by atomic mass is 10.0. The molecule has 0 spiro atoms. The van der Waals surface area contributed by atoms with E-state index in [1.165, 1.54) is 5.56 Å². The molecule has 1 amide bonds. The van der Waals surface area contributed by atoms with Crippen LogP contribution in [0.3, 0.4) is 0 Å². The summed E-state index contributed by atoms with van der Waals surface area (Å²) in [7, 11) is -3.10. The molecule has 1 aliphatic rings. The lowest BCUT2D eigenvalue weighted by Crippen LogP contribution is -2.43. The van der Waals surface area contributed by atoms with Crippen LogP contribution in [0, 0.1) is 13.8 Å². The van der Waals surface area contributed by atoms with Crippen LogP contribution in [0.2, 0.25) is 0 Å². The third-order valence-electron chi connectivity index (χ3n) is 5.53. The van der Waals surface area contributed by atoms with Crippen LogP contribution in [0.4, 0.5) is 0 Å². The molecule has 1 unspecified atom stereocenters. The van der Waals surface area contributed by atoms with E-state index in [2.05, 4.69) is 26.0 Å². The Balaban J connectivity index is 1.75. The fraction of sp³-hybridized carbons (Fsp3) is 0.458. The number of hydrogen-bond acceptors (Lipinski definition) is 4. The van der Waals surface area contributed by atoms with Gasteiger partial charge in [-0.25, -0.2) is 8.42 Å². The van der Waals surface area contributed by atoms with Crippen molar-refractivity contribution >= 4 is 15.7 Å². The van der Waals surface area contributed by atoms with Gasteiger partial charge in [0.05, 0.1) is 11.5 Å². The summed E-state index contributed by atoms with van der Waals surface area (Å²) in [5.74, 6) is 1.05. The van der Waals surface area contributed by atoms with Crippen LogP contribution in [0.5, 0.6) is 5.75 Å². The van der Waals surface area contributed by atoms with Crippen molar-refractivity contribution in [3.63, 3.8) is 0 Å². The maximum atomic E-state index is 13.1. The van der Waals surface area contributed by atoms with E-state index in [4.69, 9.17) is 4.74 Å². The molecule has 30 heavy (non-hydrogen) atoms. The second kappa shape index (κ2) is 9.21. The van der Waals surface area contributed by atoms with Crippen LogP contribution in [0.15, 0.2) is 42.5 Å². The highest BCUT2D eigenvalue weighted by Crippen LogP contribution is 2.23. The van der Waals surface area contributed by atoms with Gasteiger partial charge in [-0.15, -0.1) is 0 Å². The van der Waals surface area contributed by atoms with Crippen molar-refractivity contribution in [2.24, 2.45) is 0 Å². The van der Waals surface area contributed by atoms with E-state index in [-0.39, 0.29) is 30.1 Å². The number of aryl methyl sites for hydroxylation is 2. The number of carbonyl (C=O) groups excluding carboxylic acids is 1. The normalized spacial score (nSPS) is 17.8. The highest BCUT2D eigenvalue weighted by atomic mass is 32.2. The Morgan fingerprint density at radius 3 is 2.27 bits per heavy atom. The van der Waals surface area contributed by atoms with Gasteiger partial charge in [-0.2, -0.15) is 0 Å². The molecule has 2 aromatic rings. The number of amides is 1. The van der Waals surface area contributed by atoms with Gasteiger partial charge >= 0.3 is 0 Å². The molecular formula is C24H31NO4S. The molecule has 1 aliphatic heterocycles. The molecule has 5 nitrogen and oxygen atoms in total. The fourth-order valence-electron chi connectivity index (χ4n) is 3.89. The van der Waals surface area contributed by atoms with Gasteiger partial charge in [0.2, 0.25) is 0 Å². The zero-order valence-electron chi connectivity index (χ0n) is 18.2. The van der Waals surface area contributed by atoms with E-state index < -0.39 is 9.84 Å². The summed E-state index contributed by atoms with van der Waals surface area (Å²) in [6.07, 6.45) is 0.474. The maximum Gasteiger partial charge on any atom is 0.261 e. The van der Waals surface area contributed by atoms with Crippen molar-refractivity contribution in [1.29, 1.82) is 0 Å². The van der Waals surface area contributed by atoms with Gasteiger partial charge in [-0.1, -0.05) is 44.2 Å². The Kier molecular flexibility index (Phi) is 6.86. The van der Waals surface area contributed by atoms with E-state index >= 15 is 0 Å². The third kappa shape index (κ3) is 5.85. The summed E-state index contributed by atoms with van der Waals surface area (Å²) in [4.78, 5) is 14.7. The minimum Gasteiger partial charge on any atom is -0.484 e. The molecule has 0 radical (unpaired) electrons. The Hall–Kier alpha value is -2.34. The van der Waals surface area contributed by atoms with Crippen molar-refractivity contribution in [2.75, 3.05) is 18.1 Å². The smallest absolute Gasteiger partial charge is 0.261 e. The van der Waals surface area contributed by atoms with Gasteiger partial charge in [0.1, 0.15) is 5.75 Å². The minimum atomic E-state index is -3.10. The molecule has 162 valence electrons. The summed E-state index contributed by atoms with van der Waals surface area (Å²) in [5.41, 5.74) is 4.37. The van der Waals surface area contributed by atoms with Crippen LogP contribution in [0.25, 0.3) is 0 Å². The quantitative estimate of drug-likeness (QED) is 0.667. The molecule has 1 saturated heterocycles. The lowest BCUT2D eigenvalue weighted by Gasteiger charge is -2.28. The van der Waals surface area contributed by atoms with Crippen LogP contribution in [-0.4, -0.2) is 43.4 Å². The maximum absolute atomic E-state index is 13.1. The highest BCUT2D eigenvalue weighted by molar-refractivity contribution is 7.91. The lowest BCUT2D eigenvalue weighted by molar-refractivity contribution is -0.136.